The van der Waals surface area contributed by atoms with Gasteiger partial charge in [-0.2, -0.15) is 0 Å². The molecular weight excluding hydrogens is 210 g/mol. The highest BCUT2D eigenvalue weighted by molar-refractivity contribution is 5.10. The molecule has 0 saturated carbocycles. The number of rotatable bonds is 4. The van der Waals surface area contributed by atoms with E-state index in [0.717, 1.165) is 13.0 Å². The number of likely N-dealkylation sites (N-methyl/N-ethyl adjacent to an activating group) is 2. The van der Waals surface area contributed by atoms with Crippen LogP contribution in [0.15, 0.2) is 24.5 Å². The van der Waals surface area contributed by atoms with Gasteiger partial charge in [0.25, 0.3) is 0 Å². The molecule has 1 N–H and O–H groups in total. The second kappa shape index (κ2) is 5.61. The minimum atomic E-state index is 0.294. The van der Waals surface area contributed by atoms with Crippen LogP contribution in [0.2, 0.25) is 0 Å². The van der Waals surface area contributed by atoms with Gasteiger partial charge in [-0.05, 0) is 58.0 Å². The fourth-order valence-electron chi connectivity index (χ4n) is 2.82. The highest BCUT2D eigenvalue weighted by atomic mass is 15.2. The molecule has 17 heavy (non-hydrogen) atoms. The average molecular weight is 233 g/mol. The number of hydrogen-bond acceptors (Lipinski definition) is 3. The summed E-state index contributed by atoms with van der Waals surface area (Å²) in [4.78, 5) is 6.61. The van der Waals surface area contributed by atoms with Gasteiger partial charge in [0, 0.05) is 24.5 Å². The molecule has 1 aliphatic rings. The van der Waals surface area contributed by atoms with Crippen LogP contribution in [0.5, 0.6) is 0 Å². The van der Waals surface area contributed by atoms with E-state index in [9.17, 15) is 0 Å². The first-order valence-electron chi connectivity index (χ1n) is 6.50. The summed E-state index contributed by atoms with van der Waals surface area (Å²) in [6.07, 6.45) is 8.71. The standard InChI is InChI=1S/C14H23N3/c1-15-14(7-4-10-17(2)12-14)8-6-13-5-3-9-16-11-13/h3,5,9,11,15H,4,6-8,10,12H2,1-2H3. The lowest BCUT2D eigenvalue weighted by atomic mass is 9.84. The van der Waals surface area contributed by atoms with E-state index in [-0.39, 0.29) is 0 Å². The molecule has 1 fully saturated rings. The zero-order chi connectivity index (χ0) is 12.1. The number of aryl methyl sites for hydroxylation is 1. The highest BCUT2D eigenvalue weighted by Gasteiger charge is 2.32. The largest absolute Gasteiger partial charge is 0.313 e. The van der Waals surface area contributed by atoms with Crippen LogP contribution < -0.4 is 5.32 Å². The van der Waals surface area contributed by atoms with E-state index in [1.54, 1.807) is 0 Å². The Morgan fingerprint density at radius 3 is 3.06 bits per heavy atom. The van der Waals surface area contributed by atoms with Gasteiger partial charge in [-0.15, -0.1) is 0 Å². The summed E-state index contributed by atoms with van der Waals surface area (Å²) in [5.74, 6) is 0. The second-order valence-corrected chi connectivity index (χ2v) is 5.23. The maximum absolute atomic E-state index is 4.18. The van der Waals surface area contributed by atoms with Crippen LogP contribution in [-0.2, 0) is 6.42 Å². The van der Waals surface area contributed by atoms with Crippen LogP contribution in [0, 0.1) is 0 Å². The molecule has 0 amide bonds. The molecule has 1 saturated heterocycles. The Morgan fingerprint density at radius 1 is 1.53 bits per heavy atom. The Labute approximate surface area is 104 Å². The summed E-state index contributed by atoms with van der Waals surface area (Å²) in [5.41, 5.74) is 1.64. The van der Waals surface area contributed by atoms with Crippen molar-refractivity contribution in [2.24, 2.45) is 0 Å². The van der Waals surface area contributed by atoms with Gasteiger partial charge < -0.3 is 10.2 Å². The van der Waals surface area contributed by atoms with Crippen molar-refractivity contribution in [3.8, 4) is 0 Å². The van der Waals surface area contributed by atoms with Crippen molar-refractivity contribution >= 4 is 0 Å². The fraction of sp³-hybridized carbons (Fsp3) is 0.643. The normalized spacial score (nSPS) is 26.0. The van der Waals surface area contributed by atoms with Crippen LogP contribution in [0.4, 0.5) is 0 Å². The second-order valence-electron chi connectivity index (χ2n) is 5.23. The van der Waals surface area contributed by atoms with Crippen LogP contribution >= 0.6 is 0 Å². The zero-order valence-electron chi connectivity index (χ0n) is 10.9. The summed E-state index contributed by atoms with van der Waals surface area (Å²) in [6.45, 7) is 2.39. The van der Waals surface area contributed by atoms with E-state index in [0.29, 0.717) is 5.54 Å². The van der Waals surface area contributed by atoms with Crippen molar-refractivity contribution in [2.75, 3.05) is 27.2 Å². The molecule has 2 rings (SSSR count). The number of likely N-dealkylation sites (tertiary alicyclic amines) is 1. The van der Waals surface area contributed by atoms with Crippen LogP contribution in [-0.4, -0.2) is 42.6 Å². The Balaban J connectivity index is 1.95. The summed E-state index contributed by atoms with van der Waals surface area (Å²) < 4.78 is 0. The number of aromatic nitrogens is 1. The van der Waals surface area contributed by atoms with Gasteiger partial charge >= 0.3 is 0 Å². The monoisotopic (exact) mass is 233 g/mol. The molecular formula is C14H23N3. The van der Waals surface area contributed by atoms with Crippen LogP contribution in [0.1, 0.15) is 24.8 Å². The third kappa shape index (κ3) is 3.27. The molecule has 0 spiro atoms. The highest BCUT2D eigenvalue weighted by Crippen LogP contribution is 2.25. The molecule has 0 aliphatic carbocycles. The van der Waals surface area contributed by atoms with Crippen LogP contribution in [0.3, 0.4) is 0 Å². The van der Waals surface area contributed by atoms with E-state index in [1.165, 1.54) is 31.4 Å². The molecule has 1 aliphatic heterocycles. The maximum atomic E-state index is 4.18. The number of hydrogen-bond donors (Lipinski definition) is 1. The maximum Gasteiger partial charge on any atom is 0.0309 e. The summed E-state index contributed by atoms with van der Waals surface area (Å²) in [7, 11) is 4.32. The minimum absolute atomic E-state index is 0.294. The Morgan fingerprint density at radius 2 is 2.41 bits per heavy atom. The van der Waals surface area contributed by atoms with E-state index in [4.69, 9.17) is 0 Å². The Kier molecular flexibility index (Phi) is 4.13. The molecule has 1 unspecified atom stereocenters. The average Bonchev–Trinajstić information content (AvgIpc) is 2.38. The predicted molar refractivity (Wildman–Crippen MR) is 71.1 cm³/mol. The van der Waals surface area contributed by atoms with Crippen molar-refractivity contribution in [1.29, 1.82) is 0 Å². The third-order valence-corrected chi connectivity index (χ3v) is 3.91. The molecule has 0 aromatic carbocycles. The first kappa shape index (κ1) is 12.5. The molecule has 1 aromatic heterocycles. The van der Waals surface area contributed by atoms with E-state index in [1.807, 2.05) is 18.5 Å². The van der Waals surface area contributed by atoms with E-state index >= 15 is 0 Å². The summed E-state index contributed by atoms with van der Waals surface area (Å²) >= 11 is 0. The predicted octanol–water partition coefficient (Wildman–Crippen LogP) is 1.70. The molecule has 3 nitrogen and oxygen atoms in total. The van der Waals surface area contributed by atoms with E-state index in [2.05, 4.69) is 35.4 Å². The molecule has 3 heteroatoms. The number of nitrogens with one attached hydrogen (secondary N) is 1. The molecule has 1 atom stereocenters. The quantitative estimate of drug-likeness (QED) is 0.858. The SMILES string of the molecule is CNC1(CCc2cccnc2)CCCN(C)C1. The number of pyridine rings is 1. The smallest absolute Gasteiger partial charge is 0.0309 e. The summed E-state index contributed by atoms with van der Waals surface area (Å²) in [6, 6.07) is 4.19. The lowest BCUT2D eigenvalue weighted by Crippen LogP contribution is -2.55. The molecule has 1 aromatic rings. The zero-order valence-corrected chi connectivity index (χ0v) is 10.9. The first-order chi connectivity index (χ1) is 8.24. The van der Waals surface area contributed by atoms with E-state index < -0.39 is 0 Å². The van der Waals surface area contributed by atoms with Crippen molar-refractivity contribution < 1.29 is 0 Å². The molecule has 2 heterocycles. The van der Waals surface area contributed by atoms with Gasteiger partial charge in [0.05, 0.1) is 0 Å². The van der Waals surface area contributed by atoms with Crippen LogP contribution in [0.25, 0.3) is 0 Å². The Hall–Kier alpha value is -0.930. The van der Waals surface area contributed by atoms with Gasteiger partial charge in [0.15, 0.2) is 0 Å². The van der Waals surface area contributed by atoms with Crippen molar-refractivity contribution in [3.05, 3.63) is 30.1 Å². The van der Waals surface area contributed by atoms with Gasteiger partial charge in [0.2, 0.25) is 0 Å². The van der Waals surface area contributed by atoms with Gasteiger partial charge in [0.1, 0.15) is 0 Å². The Bertz CT molecular complexity index is 339. The fourth-order valence-corrected chi connectivity index (χ4v) is 2.82. The minimum Gasteiger partial charge on any atom is -0.313 e. The van der Waals surface area contributed by atoms with Gasteiger partial charge in [-0.1, -0.05) is 6.07 Å². The number of piperidine rings is 1. The van der Waals surface area contributed by atoms with Crippen molar-refractivity contribution in [1.82, 2.24) is 15.2 Å². The lowest BCUT2D eigenvalue weighted by molar-refractivity contribution is 0.143. The lowest BCUT2D eigenvalue weighted by Gasteiger charge is -2.41. The molecule has 0 radical (unpaired) electrons. The van der Waals surface area contributed by atoms with Crippen molar-refractivity contribution in [3.63, 3.8) is 0 Å². The summed E-state index contributed by atoms with van der Waals surface area (Å²) in [5, 5.41) is 3.56. The first-order valence-corrected chi connectivity index (χ1v) is 6.50. The topological polar surface area (TPSA) is 28.2 Å². The molecule has 0 bridgehead atoms. The van der Waals surface area contributed by atoms with Gasteiger partial charge in [-0.3, -0.25) is 4.98 Å². The number of nitrogens with zero attached hydrogens (tertiary/aromatic N) is 2. The third-order valence-electron chi connectivity index (χ3n) is 3.91. The van der Waals surface area contributed by atoms with Crippen molar-refractivity contribution in [2.45, 2.75) is 31.2 Å². The van der Waals surface area contributed by atoms with Gasteiger partial charge in [-0.25, -0.2) is 0 Å². The molecule has 94 valence electrons.